The van der Waals surface area contributed by atoms with Crippen molar-refractivity contribution in [2.45, 2.75) is 40.2 Å². The maximum Gasteiger partial charge on any atom is 0.160 e. The standard InChI is InChI=1S/C19H24N4O/c1-12(2)18-22-17-9-13(3)11-21-19(17)23(18)7-8-24-15-5-6-16(20)14(4)10-15/h5-6,9-12H,7-8,20H2,1-4H3. The summed E-state index contributed by atoms with van der Waals surface area (Å²) in [7, 11) is 0. The van der Waals surface area contributed by atoms with Gasteiger partial charge in [-0.05, 0) is 49.2 Å². The first-order valence-electron chi connectivity index (χ1n) is 8.27. The van der Waals surface area contributed by atoms with Crippen molar-refractivity contribution in [3.8, 4) is 5.75 Å². The van der Waals surface area contributed by atoms with Crippen LogP contribution in [0.3, 0.4) is 0 Å². The number of aromatic nitrogens is 3. The Hall–Kier alpha value is -2.56. The van der Waals surface area contributed by atoms with E-state index in [1.807, 2.05) is 38.2 Å². The molecule has 2 aromatic heterocycles. The van der Waals surface area contributed by atoms with Crippen LogP contribution in [0.25, 0.3) is 11.2 Å². The Morgan fingerprint density at radius 3 is 2.71 bits per heavy atom. The van der Waals surface area contributed by atoms with Gasteiger partial charge in [0, 0.05) is 17.8 Å². The number of hydrogen-bond donors (Lipinski definition) is 1. The van der Waals surface area contributed by atoms with Crippen LogP contribution in [0.2, 0.25) is 0 Å². The average Bonchev–Trinajstić information content (AvgIpc) is 2.89. The fourth-order valence-electron chi connectivity index (χ4n) is 2.78. The lowest BCUT2D eigenvalue weighted by atomic mass is 10.2. The van der Waals surface area contributed by atoms with Gasteiger partial charge < -0.3 is 15.0 Å². The summed E-state index contributed by atoms with van der Waals surface area (Å²) in [4.78, 5) is 9.32. The van der Waals surface area contributed by atoms with E-state index >= 15 is 0 Å². The Kier molecular flexibility index (Phi) is 4.42. The summed E-state index contributed by atoms with van der Waals surface area (Å²) >= 11 is 0. The predicted molar refractivity (Wildman–Crippen MR) is 97.4 cm³/mol. The molecule has 3 rings (SSSR count). The number of imidazole rings is 1. The van der Waals surface area contributed by atoms with Gasteiger partial charge in [0.05, 0.1) is 6.54 Å². The number of aryl methyl sites for hydroxylation is 2. The van der Waals surface area contributed by atoms with Gasteiger partial charge in [0.1, 0.15) is 23.7 Å². The third-order valence-corrected chi connectivity index (χ3v) is 4.09. The molecule has 0 saturated carbocycles. The molecule has 0 radical (unpaired) electrons. The maximum atomic E-state index is 5.89. The molecule has 3 aromatic rings. The number of benzene rings is 1. The summed E-state index contributed by atoms with van der Waals surface area (Å²) < 4.78 is 8.05. The normalized spacial score (nSPS) is 11.4. The molecule has 0 fully saturated rings. The SMILES string of the molecule is Cc1cnc2c(c1)nc(C(C)C)n2CCOc1ccc(N)c(C)c1. The number of fused-ring (bicyclic) bond motifs is 1. The Bertz CT molecular complexity index is 867. The average molecular weight is 324 g/mol. The van der Waals surface area contributed by atoms with Gasteiger partial charge in [-0.3, -0.25) is 0 Å². The second-order valence-electron chi connectivity index (χ2n) is 6.50. The fraction of sp³-hybridized carbons (Fsp3) is 0.368. The van der Waals surface area contributed by atoms with E-state index in [0.29, 0.717) is 19.1 Å². The van der Waals surface area contributed by atoms with E-state index in [0.717, 1.165) is 39.6 Å². The van der Waals surface area contributed by atoms with Crippen molar-refractivity contribution >= 4 is 16.9 Å². The van der Waals surface area contributed by atoms with Crippen molar-refractivity contribution in [3.63, 3.8) is 0 Å². The van der Waals surface area contributed by atoms with E-state index in [-0.39, 0.29) is 0 Å². The number of nitrogens with two attached hydrogens (primary N) is 1. The number of nitrogen functional groups attached to an aromatic ring is 1. The molecule has 0 aliphatic carbocycles. The van der Waals surface area contributed by atoms with Crippen LogP contribution in [0.4, 0.5) is 5.69 Å². The molecule has 5 heteroatoms. The van der Waals surface area contributed by atoms with Crippen molar-refractivity contribution in [1.82, 2.24) is 14.5 Å². The highest BCUT2D eigenvalue weighted by molar-refractivity contribution is 5.72. The zero-order valence-corrected chi connectivity index (χ0v) is 14.7. The zero-order valence-electron chi connectivity index (χ0n) is 14.7. The fourth-order valence-corrected chi connectivity index (χ4v) is 2.78. The van der Waals surface area contributed by atoms with Crippen molar-refractivity contribution in [1.29, 1.82) is 0 Å². The van der Waals surface area contributed by atoms with Crippen LogP contribution in [-0.2, 0) is 6.54 Å². The van der Waals surface area contributed by atoms with Crippen LogP contribution in [-0.4, -0.2) is 21.1 Å². The minimum atomic E-state index is 0.332. The Morgan fingerprint density at radius 2 is 2.00 bits per heavy atom. The number of hydrogen-bond acceptors (Lipinski definition) is 4. The van der Waals surface area contributed by atoms with Crippen LogP contribution in [0.5, 0.6) is 5.75 Å². The molecule has 126 valence electrons. The molecule has 0 unspecified atom stereocenters. The summed E-state index contributed by atoms with van der Waals surface area (Å²) in [5.41, 5.74) is 10.6. The molecular formula is C19H24N4O. The van der Waals surface area contributed by atoms with Crippen molar-refractivity contribution in [2.24, 2.45) is 0 Å². The molecule has 5 nitrogen and oxygen atoms in total. The van der Waals surface area contributed by atoms with Gasteiger partial charge in [0.25, 0.3) is 0 Å². The van der Waals surface area contributed by atoms with E-state index in [9.17, 15) is 0 Å². The minimum Gasteiger partial charge on any atom is -0.492 e. The lowest BCUT2D eigenvalue weighted by Crippen LogP contribution is -2.12. The molecule has 0 amide bonds. The van der Waals surface area contributed by atoms with E-state index in [1.165, 1.54) is 0 Å². The van der Waals surface area contributed by atoms with Crippen molar-refractivity contribution in [2.75, 3.05) is 12.3 Å². The highest BCUT2D eigenvalue weighted by Crippen LogP contribution is 2.22. The first kappa shape index (κ1) is 16.3. The van der Waals surface area contributed by atoms with Gasteiger partial charge in [-0.25, -0.2) is 9.97 Å². The van der Waals surface area contributed by atoms with Crippen molar-refractivity contribution in [3.05, 3.63) is 47.4 Å². The molecule has 0 spiro atoms. The number of nitrogens with zero attached hydrogens (tertiary/aromatic N) is 3. The Balaban J connectivity index is 1.81. The molecule has 0 aliphatic rings. The van der Waals surface area contributed by atoms with Crippen LogP contribution >= 0.6 is 0 Å². The summed E-state index contributed by atoms with van der Waals surface area (Å²) in [6, 6.07) is 7.82. The van der Waals surface area contributed by atoms with Gasteiger partial charge in [-0.2, -0.15) is 0 Å². The molecule has 0 aliphatic heterocycles. The number of rotatable bonds is 5. The second kappa shape index (κ2) is 6.51. The summed E-state index contributed by atoms with van der Waals surface area (Å²) in [6.45, 7) is 9.58. The van der Waals surface area contributed by atoms with Gasteiger partial charge in [0.15, 0.2) is 5.65 Å². The molecule has 0 bridgehead atoms. The van der Waals surface area contributed by atoms with E-state index in [1.54, 1.807) is 0 Å². The van der Waals surface area contributed by atoms with Crippen LogP contribution in [0.15, 0.2) is 30.5 Å². The largest absolute Gasteiger partial charge is 0.492 e. The highest BCUT2D eigenvalue weighted by atomic mass is 16.5. The predicted octanol–water partition coefficient (Wildman–Crippen LogP) is 3.83. The topological polar surface area (TPSA) is 66.0 Å². The quantitative estimate of drug-likeness (QED) is 0.724. The summed E-state index contributed by atoms with van der Waals surface area (Å²) in [5, 5.41) is 0. The third-order valence-electron chi connectivity index (χ3n) is 4.09. The van der Waals surface area contributed by atoms with Crippen LogP contribution in [0, 0.1) is 13.8 Å². The highest BCUT2D eigenvalue weighted by Gasteiger charge is 2.14. The Labute approximate surface area is 142 Å². The lowest BCUT2D eigenvalue weighted by Gasteiger charge is -2.12. The lowest BCUT2D eigenvalue weighted by molar-refractivity contribution is 0.297. The third kappa shape index (κ3) is 3.20. The molecule has 0 saturated heterocycles. The summed E-state index contributed by atoms with van der Waals surface area (Å²) in [6.07, 6.45) is 1.88. The Morgan fingerprint density at radius 1 is 1.21 bits per heavy atom. The zero-order chi connectivity index (χ0) is 17.3. The monoisotopic (exact) mass is 324 g/mol. The first-order valence-corrected chi connectivity index (χ1v) is 8.27. The molecule has 0 atom stereocenters. The first-order chi connectivity index (χ1) is 11.5. The molecule has 2 N–H and O–H groups in total. The van der Waals surface area contributed by atoms with Crippen LogP contribution < -0.4 is 10.5 Å². The number of pyridine rings is 1. The van der Waals surface area contributed by atoms with E-state index < -0.39 is 0 Å². The van der Waals surface area contributed by atoms with Crippen LogP contribution in [0.1, 0.15) is 36.7 Å². The van der Waals surface area contributed by atoms with E-state index in [2.05, 4.69) is 29.5 Å². The smallest absolute Gasteiger partial charge is 0.160 e. The molecule has 24 heavy (non-hydrogen) atoms. The summed E-state index contributed by atoms with van der Waals surface area (Å²) in [5.74, 6) is 2.21. The molecular weight excluding hydrogens is 300 g/mol. The second-order valence-corrected chi connectivity index (χ2v) is 6.50. The maximum absolute atomic E-state index is 5.89. The van der Waals surface area contributed by atoms with Crippen molar-refractivity contribution < 1.29 is 4.74 Å². The number of anilines is 1. The van der Waals surface area contributed by atoms with Gasteiger partial charge in [0.2, 0.25) is 0 Å². The molecule has 2 heterocycles. The van der Waals surface area contributed by atoms with E-state index in [4.69, 9.17) is 15.5 Å². The molecule has 1 aromatic carbocycles. The van der Waals surface area contributed by atoms with Gasteiger partial charge in [-0.15, -0.1) is 0 Å². The van der Waals surface area contributed by atoms with Gasteiger partial charge in [-0.1, -0.05) is 13.8 Å². The number of ether oxygens (including phenoxy) is 1. The minimum absolute atomic E-state index is 0.332. The van der Waals surface area contributed by atoms with Gasteiger partial charge >= 0.3 is 0 Å².